The first-order valence-corrected chi connectivity index (χ1v) is 18.3. The number of hydrogen-bond donors (Lipinski definition) is 4. The Labute approximate surface area is 318 Å². The van der Waals surface area contributed by atoms with Crippen molar-refractivity contribution in [2.24, 2.45) is 0 Å². The lowest BCUT2D eigenvalue weighted by Crippen LogP contribution is -2.37. The maximum absolute atomic E-state index is 11.3. The Balaban J connectivity index is 0.000000387. The van der Waals surface area contributed by atoms with Crippen LogP contribution in [0.4, 0.5) is 5.88 Å². The van der Waals surface area contributed by atoms with Crippen LogP contribution < -0.4 is 16.0 Å². The van der Waals surface area contributed by atoms with Crippen LogP contribution in [0.1, 0.15) is 73.1 Å². The van der Waals surface area contributed by atoms with Gasteiger partial charge in [0.1, 0.15) is 0 Å². The molecule has 0 saturated carbocycles. The topological polar surface area (TPSA) is 196 Å². The van der Waals surface area contributed by atoms with Gasteiger partial charge < -0.3 is 34.6 Å². The predicted octanol–water partition coefficient (Wildman–Crippen LogP) is 4.75. The van der Waals surface area contributed by atoms with Crippen molar-refractivity contribution in [1.82, 2.24) is 39.8 Å². The molecule has 4 N–H and O–H groups in total. The number of nitrogens with one attached hydrogen (secondary N) is 4. The van der Waals surface area contributed by atoms with Crippen molar-refractivity contribution < 1.29 is 33.1 Å². The molecule has 0 atom stereocenters. The summed E-state index contributed by atoms with van der Waals surface area (Å²) >= 11 is 0. The second-order valence-electron chi connectivity index (χ2n) is 12.1. The minimum Gasteiger partial charge on any atom is -0.471 e. The molecule has 6 rings (SSSR count). The lowest BCUT2D eigenvalue weighted by Gasteiger charge is -2.14. The molecule has 0 spiro atoms. The van der Waals surface area contributed by atoms with Crippen molar-refractivity contribution in [3.8, 4) is 22.5 Å². The van der Waals surface area contributed by atoms with Crippen LogP contribution in [-0.4, -0.2) is 113 Å². The van der Waals surface area contributed by atoms with E-state index in [4.69, 9.17) is 9.21 Å². The zero-order valence-electron chi connectivity index (χ0n) is 32.9. The number of aromatic amines is 1. The lowest BCUT2D eigenvalue weighted by molar-refractivity contribution is -0.131. The Kier molecular flexibility index (Phi) is 24.2. The zero-order chi connectivity index (χ0) is 40.1. The molecular formula is C38H59N9O7. The number of carbonyl (C=O) groups excluding carboxylic acids is 5. The summed E-state index contributed by atoms with van der Waals surface area (Å²) < 4.78 is 11.0. The van der Waals surface area contributed by atoms with Gasteiger partial charge in [-0.2, -0.15) is 4.98 Å². The van der Waals surface area contributed by atoms with E-state index in [9.17, 15) is 19.2 Å². The highest BCUT2D eigenvalue weighted by Gasteiger charge is 2.17. The number of anilines is 1. The summed E-state index contributed by atoms with van der Waals surface area (Å²) in [4.78, 5) is 67.4. The van der Waals surface area contributed by atoms with E-state index in [1.165, 1.54) is 39.7 Å². The average Bonchev–Trinajstić information content (AvgIpc) is 4.01. The van der Waals surface area contributed by atoms with Crippen molar-refractivity contribution in [3.05, 3.63) is 49.2 Å². The molecule has 2 saturated heterocycles. The van der Waals surface area contributed by atoms with E-state index in [0.29, 0.717) is 31.2 Å². The summed E-state index contributed by atoms with van der Waals surface area (Å²) in [6.45, 7) is 14.5. The number of ether oxygens (including phenoxy) is 1. The van der Waals surface area contributed by atoms with Crippen LogP contribution in [0.25, 0.3) is 28.4 Å². The number of carbonyl (C=O) groups is 5. The molecule has 16 nitrogen and oxygen atoms in total. The molecule has 0 bridgehead atoms. The number of rotatable bonds is 9. The number of H-pyrrole nitrogens is 1. The van der Waals surface area contributed by atoms with E-state index < -0.39 is 0 Å². The molecule has 4 aromatic rings. The lowest BCUT2D eigenvalue weighted by atomic mass is 10.1. The molecule has 0 aliphatic carbocycles. The minimum atomic E-state index is -0.150. The molecular weight excluding hydrogens is 694 g/mol. The van der Waals surface area contributed by atoms with Crippen LogP contribution in [0, 0.1) is 0 Å². The number of amides is 4. The van der Waals surface area contributed by atoms with E-state index in [0.717, 1.165) is 61.5 Å². The normalized spacial score (nSPS) is 12.4. The molecule has 3 aromatic heterocycles. The number of likely N-dealkylation sites (N-methyl/N-ethyl adjacent to an activating group) is 1. The van der Waals surface area contributed by atoms with Gasteiger partial charge in [0, 0.05) is 44.9 Å². The van der Waals surface area contributed by atoms with Gasteiger partial charge >= 0.3 is 5.84 Å². The molecule has 2 fully saturated rings. The first-order chi connectivity index (χ1) is 26.1. The molecule has 5 heterocycles. The second-order valence-corrected chi connectivity index (χ2v) is 12.1. The largest absolute Gasteiger partial charge is 0.471 e. The smallest absolute Gasteiger partial charge is 0.308 e. The number of hydrogen-bond acceptors (Lipinski definition) is 10. The first-order valence-electron chi connectivity index (χ1n) is 18.3. The van der Waals surface area contributed by atoms with Gasteiger partial charge in [-0.25, -0.2) is 4.98 Å². The Morgan fingerprint density at radius 2 is 1.39 bits per heavy atom. The molecule has 298 valence electrons. The van der Waals surface area contributed by atoms with Crippen LogP contribution in [-0.2, 0) is 28.7 Å². The molecule has 16 heteroatoms. The summed E-state index contributed by atoms with van der Waals surface area (Å²) in [5, 5.41) is 7.79. The Morgan fingerprint density at radius 1 is 0.870 bits per heavy atom. The summed E-state index contributed by atoms with van der Waals surface area (Å²) in [7, 11) is 3.11. The quantitative estimate of drug-likeness (QED) is 0.173. The number of benzene rings is 1. The SMILES string of the molecule is CC(=O)NCC(=O)N1CCCC1.CCC.CCC.CNCC(=O)N1CCCC1.COC=O.O=CNc1cn2cc(-c3ccc(-c4cnc[nH]4)cc3)nc2o1. The summed E-state index contributed by atoms with van der Waals surface area (Å²) in [5.74, 6) is 0.904. The third kappa shape index (κ3) is 17.8. The van der Waals surface area contributed by atoms with Gasteiger partial charge in [-0.05, 0) is 38.3 Å². The van der Waals surface area contributed by atoms with Gasteiger partial charge in [0.25, 0.3) is 6.47 Å². The molecule has 0 radical (unpaired) electrons. The van der Waals surface area contributed by atoms with Crippen molar-refractivity contribution in [2.45, 2.75) is 73.1 Å². The van der Waals surface area contributed by atoms with Gasteiger partial charge in [-0.1, -0.05) is 64.8 Å². The van der Waals surface area contributed by atoms with Crippen molar-refractivity contribution in [2.75, 3.05) is 58.7 Å². The highest BCUT2D eigenvalue weighted by molar-refractivity contribution is 5.83. The fraction of sp³-hybridized carbons (Fsp3) is 0.500. The fourth-order valence-corrected chi connectivity index (χ4v) is 4.80. The van der Waals surface area contributed by atoms with Gasteiger partial charge in [-0.3, -0.25) is 33.7 Å². The zero-order valence-corrected chi connectivity index (χ0v) is 32.9. The van der Waals surface area contributed by atoms with E-state index in [2.05, 4.69) is 63.3 Å². The average molecular weight is 754 g/mol. The number of nitrogens with zero attached hydrogens (tertiary/aromatic N) is 5. The van der Waals surface area contributed by atoms with Gasteiger partial charge in [0.05, 0.1) is 50.3 Å². The monoisotopic (exact) mass is 753 g/mol. The standard InChI is InChI=1S/C15H11N5O2.C8H14N2O2.C7H14N2O.2C3H8.C2H4O2/c21-9-18-14-7-20-6-13(19-15(20)22-14)11-3-1-10(2-4-11)12-5-16-8-17-12;1-7(11)9-6-8(12)10-4-2-3-5-10;1-8-6-7(10)9-4-2-3-5-9;2*1-3-2;1-4-2-3/h1-9H,(H,16,17)(H,18,21);2-6H2,1H3,(H,9,11);8H,2-6H2,1H3;2*3H2,1-2H3;2H,1H3. The number of likely N-dealkylation sites (tertiary alicyclic amines) is 2. The maximum atomic E-state index is 11.3. The molecule has 0 unspecified atom stereocenters. The third-order valence-corrected chi connectivity index (χ3v) is 7.18. The van der Waals surface area contributed by atoms with Crippen LogP contribution >= 0.6 is 0 Å². The van der Waals surface area contributed by atoms with Crippen LogP contribution in [0.2, 0.25) is 0 Å². The number of fused-ring (bicyclic) bond motifs is 1. The Hall–Kier alpha value is -5.51. The van der Waals surface area contributed by atoms with E-state index in [-0.39, 0.29) is 24.3 Å². The minimum absolute atomic E-state index is 0.0303. The number of oxazole rings is 1. The third-order valence-electron chi connectivity index (χ3n) is 7.18. The maximum Gasteiger partial charge on any atom is 0.308 e. The molecule has 4 amide bonds. The number of aromatic nitrogens is 4. The summed E-state index contributed by atoms with van der Waals surface area (Å²) in [6.07, 6.45) is 14.5. The summed E-state index contributed by atoms with van der Waals surface area (Å²) in [5.41, 5.74) is 3.80. The van der Waals surface area contributed by atoms with E-state index >= 15 is 0 Å². The molecule has 54 heavy (non-hydrogen) atoms. The van der Waals surface area contributed by atoms with E-state index in [1.54, 1.807) is 35.1 Å². The molecule has 2 aliphatic rings. The van der Waals surface area contributed by atoms with Gasteiger partial charge in [-0.15, -0.1) is 0 Å². The fourth-order valence-electron chi connectivity index (χ4n) is 4.80. The van der Waals surface area contributed by atoms with Crippen molar-refractivity contribution in [1.29, 1.82) is 0 Å². The second kappa shape index (κ2) is 28.1. The highest BCUT2D eigenvalue weighted by atomic mass is 16.5. The predicted molar refractivity (Wildman–Crippen MR) is 209 cm³/mol. The number of imidazole rings is 2. The van der Waals surface area contributed by atoms with Crippen LogP contribution in [0.3, 0.4) is 0 Å². The Morgan fingerprint density at radius 3 is 1.81 bits per heavy atom. The van der Waals surface area contributed by atoms with E-state index in [1.807, 2.05) is 35.4 Å². The van der Waals surface area contributed by atoms with Crippen LogP contribution in [0.5, 0.6) is 0 Å². The first kappa shape index (κ1) is 46.5. The molecule has 1 aromatic carbocycles. The van der Waals surface area contributed by atoms with Gasteiger partial charge in [0.15, 0.2) is 0 Å². The Bertz CT molecular complexity index is 1570. The van der Waals surface area contributed by atoms with Crippen LogP contribution in [0.15, 0.2) is 53.6 Å². The highest BCUT2D eigenvalue weighted by Crippen LogP contribution is 2.25. The number of methoxy groups -OCH3 is 1. The summed E-state index contributed by atoms with van der Waals surface area (Å²) in [6, 6.07) is 7.98. The van der Waals surface area contributed by atoms with Crippen molar-refractivity contribution in [3.63, 3.8) is 0 Å². The van der Waals surface area contributed by atoms with Crippen molar-refractivity contribution >= 4 is 42.3 Å². The van der Waals surface area contributed by atoms with Gasteiger partial charge in [0.2, 0.25) is 30.0 Å². The molecule has 2 aliphatic heterocycles.